The molecule has 824 valence electrons. The molecule has 8 unspecified atom stereocenters. The molecule has 0 aliphatic carbocycles. The summed E-state index contributed by atoms with van der Waals surface area (Å²) in [6.45, 7) is 60.9. The summed E-state index contributed by atoms with van der Waals surface area (Å²) in [6.07, 6.45) is 10.4. The van der Waals surface area contributed by atoms with Crippen molar-refractivity contribution in [2.45, 2.75) is 330 Å². The summed E-state index contributed by atoms with van der Waals surface area (Å²) in [5, 5.41) is 27.6. The molecule has 6 amide bonds. The van der Waals surface area contributed by atoms with E-state index in [0.29, 0.717) is 160 Å². The van der Waals surface area contributed by atoms with Crippen LogP contribution in [0.2, 0.25) is 18.1 Å². The first kappa shape index (κ1) is 155. The first-order valence-corrected chi connectivity index (χ1v) is 59.8. The number of hydrogen-bond donors (Lipinski definition) is 8. The van der Waals surface area contributed by atoms with Crippen LogP contribution in [-0.2, 0) is 127 Å². The number of nitrogens with two attached hydrogens (primary N) is 1. The average Bonchev–Trinajstić information content (AvgIpc) is 1.25. The van der Waals surface area contributed by atoms with E-state index in [9.17, 15) is 77.5 Å². The van der Waals surface area contributed by atoms with E-state index in [1.54, 1.807) is 46.8 Å². The Hall–Kier alpha value is -3.37. The first-order chi connectivity index (χ1) is 65.1. The molecule has 0 radical (unpaired) electrons. The molecule has 0 bridgehead atoms. The number of rotatable bonds is 63. The Morgan fingerprint density at radius 1 is 0.482 bits per heavy atom. The van der Waals surface area contributed by atoms with E-state index in [4.69, 9.17) is 70.0 Å². The number of nitrogens with zero attached hydrogens (tertiary/aromatic N) is 1. The number of primary amides is 1. The minimum Gasteiger partial charge on any atom is -0.748 e. The number of carbonyl (C=O) groups excluding carboxylic acids is 9. The zero-order valence-electron chi connectivity index (χ0n) is 91.9. The van der Waals surface area contributed by atoms with Crippen molar-refractivity contribution >= 4 is 110 Å². The van der Waals surface area contributed by atoms with Gasteiger partial charge >= 0.3 is 143 Å². The third kappa shape index (κ3) is 79.4. The Morgan fingerprint density at radius 2 is 0.879 bits per heavy atom. The van der Waals surface area contributed by atoms with E-state index in [0.717, 1.165) is 63.5 Å². The van der Waals surface area contributed by atoms with Crippen LogP contribution >= 0.6 is 0 Å². The number of benzene rings is 1. The van der Waals surface area contributed by atoms with Crippen LogP contribution in [0.15, 0.2) is 29.2 Å². The van der Waals surface area contributed by atoms with Crippen molar-refractivity contribution < 1.29 is 232 Å². The van der Waals surface area contributed by atoms with Crippen molar-refractivity contribution in [3.8, 4) is 0 Å². The van der Waals surface area contributed by atoms with Gasteiger partial charge in [0, 0.05) is 134 Å². The van der Waals surface area contributed by atoms with Gasteiger partial charge in [0.15, 0.2) is 0 Å². The summed E-state index contributed by atoms with van der Waals surface area (Å²) < 4.78 is 165. The summed E-state index contributed by atoms with van der Waals surface area (Å²) in [6, 6.07) is 8.18. The maximum atomic E-state index is 11.9. The predicted molar refractivity (Wildman–Crippen MR) is 542 cm³/mol. The van der Waals surface area contributed by atoms with Crippen LogP contribution in [0.4, 0.5) is 9.59 Å². The number of urea groups is 1. The molecule has 1 fully saturated rings. The molecule has 0 spiro atoms. The van der Waals surface area contributed by atoms with Gasteiger partial charge in [-0.25, -0.2) is 39.6 Å². The molecule has 48 heteroatoms. The quantitative estimate of drug-likeness (QED) is 0.0109. The second-order valence-corrected chi connectivity index (χ2v) is 46.3. The Bertz CT molecular complexity index is 3590. The van der Waals surface area contributed by atoms with Crippen molar-refractivity contribution in [1.82, 2.24) is 30.9 Å². The Kier molecular flexibility index (Phi) is 102. The number of ether oxygens (including phenoxy) is 5. The molecule has 40 nitrogen and oxygen atoms in total. The van der Waals surface area contributed by atoms with E-state index < -0.39 is 79.3 Å². The number of hydrogen-bond acceptors (Lipinski definition) is 33. The van der Waals surface area contributed by atoms with Crippen LogP contribution in [0, 0.1) is 34.5 Å². The van der Waals surface area contributed by atoms with Crippen molar-refractivity contribution in [1.29, 1.82) is 0 Å². The molecule has 141 heavy (non-hydrogen) atoms. The standard InChI is InChI=1S/2C17H36N2O6Si.C13H31NO5SSi.C10H14O3S.C9H18O5S.C8H15NO.2C7H14O3.C5H11NO.K.Na/c1-6-15(5)16(20)18-12-13-22-17(21)19-11-10-14-26(23-7-2,24-8-3)25-9-4;1-6-15(5)16(20)22-13-12-19-17(21)18-11-10-14-26(23-7-2,24-8-3)25-9-4;1-6-13(5)20(15,16)14-11-10-12-21(17-7-2,18-8-3)19-9-4;1-3-8(2)9-4-6-10(7-5-9)14(11,12)13;1-4-9(2,3)8(10)14-6-5-7-15(11,12)13;1-3-7(2)9-6-4-5-8(9)10;1-4-7(2,5-8)6(9)10-3;1-3-6(2)7(9)10-5-4-8;1-3-4(2)5(6)7;;/h15H,6-14H2,1-5H3,(H,18,20)(H,19,21);15H,6-14H2,1-5H3,(H2,18,19,21);13-14H,6-12H2,1-5H3;4-8H,3H2,1-2H3,(H,11,12,13);4-7H2,1-3H3,(H,11,12,13);7H,3-6H2,1-2H3;8H,4-5H2,1-3H3;6,8H,3-5H2,1-2H3;4H,3H2,1-2H3,(H2,6,7);;/q;;;;;;;;;2*+1/p-2. The zero-order valence-corrected chi connectivity index (χ0v) is 103. The summed E-state index contributed by atoms with van der Waals surface area (Å²) in [5.41, 5.74) is 4.69. The molecule has 1 heterocycles. The molecular formula is C93H187KN7NaO33S3Si3. The van der Waals surface area contributed by atoms with Gasteiger partial charge in [0.2, 0.25) is 27.7 Å². The Morgan fingerprint density at radius 3 is 1.20 bits per heavy atom. The van der Waals surface area contributed by atoms with Crippen LogP contribution in [0.5, 0.6) is 0 Å². The Labute approximate surface area is 916 Å². The number of amides is 6. The van der Waals surface area contributed by atoms with Crippen LogP contribution in [-0.4, -0.2) is 292 Å². The van der Waals surface area contributed by atoms with Gasteiger partial charge in [-0.15, -0.1) is 0 Å². The molecule has 0 aromatic heterocycles. The van der Waals surface area contributed by atoms with E-state index in [1.165, 1.54) is 19.2 Å². The SMILES string of the molecule is CCC(C)(C)C(=O)OCCCS(=O)(=O)[O-].CCC(C)(CO)C(=O)OC.CCC(C)C(=O)OCCO.CCC(C)C(N)=O.CCC(C)N1CCCC1=O.CCC(C)c1ccc(S(=O)(=O)[O-])cc1.CCO[Si](CCCNC(=O)NCCOC(=O)C(C)CC)(OCC)OCC.CCO[Si](CCCNC(=O)OCCNC(=O)C(C)CC)(OCC)OCC.CCO[Si](CCCNS(=O)(=O)C(C)CC)(OCC)OCC.[K+].[Na+]. The van der Waals surface area contributed by atoms with Crippen LogP contribution < -0.4 is 113 Å². The number of esters is 4. The third-order valence-electron chi connectivity index (χ3n) is 21.6. The van der Waals surface area contributed by atoms with Gasteiger partial charge in [-0.3, -0.25) is 33.6 Å². The Balaban J connectivity index is -0.000000204. The van der Waals surface area contributed by atoms with Crippen molar-refractivity contribution in [2.75, 3.05) is 151 Å². The molecule has 8 atom stereocenters. The number of sulfonamides is 1. The number of nitrogens with one attached hydrogen (secondary N) is 5. The van der Waals surface area contributed by atoms with E-state index >= 15 is 0 Å². The fourth-order valence-corrected chi connectivity index (χ4v) is 20.8. The molecule has 9 N–H and O–H groups in total. The molecule has 1 aliphatic rings. The maximum absolute atomic E-state index is 11.9. The van der Waals surface area contributed by atoms with Gasteiger partial charge in [-0.1, -0.05) is 109 Å². The molecule has 1 aliphatic heterocycles. The number of alkyl carbamates (subject to hydrolysis) is 1. The molecular weight excluding hydrogens is 1990 g/mol. The van der Waals surface area contributed by atoms with E-state index in [-0.39, 0.29) is 209 Å². The predicted octanol–water partition coefficient (Wildman–Crippen LogP) is 6.84. The minimum atomic E-state index is -4.30. The minimum absolute atomic E-state index is 0. The third-order valence-corrected chi connectivity index (χ3v) is 34.7. The largest absolute Gasteiger partial charge is 1.00 e. The second kappa shape index (κ2) is 92.7. The van der Waals surface area contributed by atoms with E-state index in [1.807, 2.05) is 136 Å². The summed E-state index contributed by atoms with van der Waals surface area (Å²) >= 11 is 0. The molecule has 1 aromatic carbocycles. The summed E-state index contributed by atoms with van der Waals surface area (Å²) in [5.74, 6) is -1.33. The fourth-order valence-electron chi connectivity index (χ4n) is 10.8. The monoisotopic (exact) mass is 2170 g/mol. The normalized spacial score (nSPS) is 13.7. The van der Waals surface area contributed by atoms with Gasteiger partial charge in [0.1, 0.15) is 29.9 Å². The smallest absolute Gasteiger partial charge is 0.748 e. The molecule has 1 saturated heterocycles. The number of aliphatic hydroxyl groups is 2. The summed E-state index contributed by atoms with van der Waals surface area (Å²) in [4.78, 5) is 103. The van der Waals surface area contributed by atoms with Gasteiger partial charge in [-0.05, 0) is 210 Å². The van der Waals surface area contributed by atoms with Gasteiger partial charge in [0.05, 0.1) is 82.9 Å². The van der Waals surface area contributed by atoms with Crippen molar-refractivity contribution in [2.24, 2.45) is 40.2 Å². The molecule has 1 aromatic rings. The van der Waals surface area contributed by atoms with Crippen LogP contribution in [0.1, 0.15) is 302 Å². The van der Waals surface area contributed by atoms with Gasteiger partial charge in [-0.2, -0.15) is 0 Å². The van der Waals surface area contributed by atoms with Gasteiger partial charge < -0.3 is 115 Å². The van der Waals surface area contributed by atoms with Crippen molar-refractivity contribution in [3.63, 3.8) is 0 Å². The topological polar surface area (TPSA) is 561 Å². The number of carbonyl (C=O) groups is 9. The number of likely N-dealkylation sites (tertiary alicyclic amines) is 1. The number of aliphatic hydroxyl groups excluding tert-OH is 2. The van der Waals surface area contributed by atoms with Crippen LogP contribution in [0.25, 0.3) is 0 Å². The zero-order chi connectivity index (χ0) is 109. The maximum Gasteiger partial charge on any atom is 1.00 e. The van der Waals surface area contributed by atoms with Crippen molar-refractivity contribution in [3.05, 3.63) is 29.8 Å². The van der Waals surface area contributed by atoms with E-state index in [2.05, 4.69) is 63.2 Å². The first-order valence-electron chi connectivity index (χ1n) is 49.5. The molecule has 0 saturated carbocycles. The summed E-state index contributed by atoms with van der Waals surface area (Å²) in [7, 11) is -18.4. The second-order valence-electron chi connectivity index (χ2n) is 33.0. The van der Waals surface area contributed by atoms with Crippen LogP contribution in [0.3, 0.4) is 0 Å². The molecule has 2 rings (SSSR count). The number of methoxy groups -OCH3 is 1. The average molecular weight is 2170 g/mol. The van der Waals surface area contributed by atoms with Gasteiger partial charge in [0.25, 0.3) is 0 Å². The fraction of sp³-hybridized carbons (Fsp3) is 0.839.